The highest BCUT2D eigenvalue weighted by Gasteiger charge is 2.45. The maximum Gasteiger partial charge on any atom is 0.269 e. The number of hydrogen-bond acceptors (Lipinski definition) is 4. The molecule has 1 amide bonds. The molecular weight excluding hydrogens is 260 g/mol. The summed E-state index contributed by atoms with van der Waals surface area (Å²) in [6.07, 6.45) is 0.998. The summed E-state index contributed by atoms with van der Waals surface area (Å²) in [7, 11) is 0. The number of carbonyl (C=O) groups is 1. The first-order valence-corrected chi connectivity index (χ1v) is 6.74. The molecule has 1 heterocycles. The van der Waals surface area contributed by atoms with E-state index in [0.717, 1.165) is 6.42 Å². The molecule has 1 aromatic rings. The molecule has 6 heteroatoms. The number of rotatable bonds is 4. The smallest absolute Gasteiger partial charge is 0.269 e. The van der Waals surface area contributed by atoms with E-state index in [-0.39, 0.29) is 23.6 Å². The van der Waals surface area contributed by atoms with Crippen LogP contribution in [0.4, 0.5) is 5.69 Å². The maximum atomic E-state index is 11.9. The number of nitro benzene ring substituents is 1. The summed E-state index contributed by atoms with van der Waals surface area (Å²) in [6.45, 7) is 3.31. The molecule has 2 aliphatic rings. The lowest BCUT2D eigenvalue weighted by Gasteiger charge is -2.39. The van der Waals surface area contributed by atoms with Gasteiger partial charge >= 0.3 is 0 Å². The van der Waals surface area contributed by atoms with Crippen LogP contribution in [-0.2, 0) is 4.79 Å². The van der Waals surface area contributed by atoms with Crippen molar-refractivity contribution in [1.29, 1.82) is 0 Å². The summed E-state index contributed by atoms with van der Waals surface area (Å²) in [5.41, 5.74) is 0.0467. The molecule has 0 aromatic heterocycles. The van der Waals surface area contributed by atoms with Crippen LogP contribution in [0.1, 0.15) is 13.3 Å². The van der Waals surface area contributed by atoms with Crippen molar-refractivity contribution < 1.29 is 14.5 Å². The number of hydrogen-bond donors (Lipinski definition) is 0. The van der Waals surface area contributed by atoms with Gasteiger partial charge in [0.1, 0.15) is 11.9 Å². The molecule has 6 nitrogen and oxygen atoms in total. The van der Waals surface area contributed by atoms with Gasteiger partial charge in [-0.3, -0.25) is 14.9 Å². The zero-order valence-electron chi connectivity index (χ0n) is 11.2. The zero-order valence-corrected chi connectivity index (χ0v) is 11.2. The number of benzene rings is 1. The molecule has 0 spiro atoms. The Morgan fingerprint density at radius 3 is 2.45 bits per heavy atom. The third-order valence-corrected chi connectivity index (χ3v) is 3.94. The molecule has 0 unspecified atom stereocenters. The maximum absolute atomic E-state index is 11.9. The second-order valence-electron chi connectivity index (χ2n) is 5.55. The zero-order chi connectivity index (χ0) is 14.3. The van der Waals surface area contributed by atoms with Gasteiger partial charge in [0.05, 0.1) is 18.0 Å². The SMILES string of the molecule is C[C@H]1C[C@@H]1C(=O)N1CC(Oc2ccc([N+](=O)[O-])cc2)C1. The molecule has 1 aromatic carbocycles. The average molecular weight is 276 g/mol. The fourth-order valence-electron chi connectivity index (χ4n) is 2.43. The highest BCUT2D eigenvalue weighted by Crippen LogP contribution is 2.40. The third-order valence-electron chi connectivity index (χ3n) is 3.94. The van der Waals surface area contributed by atoms with E-state index >= 15 is 0 Å². The predicted molar refractivity (Wildman–Crippen MR) is 71.4 cm³/mol. The first-order valence-electron chi connectivity index (χ1n) is 6.74. The van der Waals surface area contributed by atoms with Gasteiger partial charge in [-0.15, -0.1) is 0 Å². The highest BCUT2D eigenvalue weighted by atomic mass is 16.6. The molecule has 1 aliphatic carbocycles. The van der Waals surface area contributed by atoms with Crippen molar-refractivity contribution in [3.05, 3.63) is 34.4 Å². The van der Waals surface area contributed by atoms with Gasteiger partial charge in [-0.2, -0.15) is 0 Å². The molecule has 20 heavy (non-hydrogen) atoms. The van der Waals surface area contributed by atoms with Crippen molar-refractivity contribution in [2.45, 2.75) is 19.4 Å². The molecule has 106 valence electrons. The van der Waals surface area contributed by atoms with Gasteiger partial charge in [0.25, 0.3) is 5.69 Å². The van der Waals surface area contributed by atoms with E-state index in [2.05, 4.69) is 6.92 Å². The van der Waals surface area contributed by atoms with Crippen molar-refractivity contribution >= 4 is 11.6 Å². The van der Waals surface area contributed by atoms with Gasteiger partial charge in [0.15, 0.2) is 0 Å². The fourth-order valence-corrected chi connectivity index (χ4v) is 2.43. The second-order valence-corrected chi connectivity index (χ2v) is 5.55. The predicted octanol–water partition coefficient (Wildman–Crippen LogP) is 1.84. The Hall–Kier alpha value is -2.11. The van der Waals surface area contributed by atoms with E-state index in [1.165, 1.54) is 12.1 Å². The Balaban J connectivity index is 1.48. The van der Waals surface area contributed by atoms with Crippen LogP contribution in [0.3, 0.4) is 0 Å². The van der Waals surface area contributed by atoms with E-state index in [0.29, 0.717) is 24.8 Å². The van der Waals surface area contributed by atoms with Crippen LogP contribution < -0.4 is 4.74 Å². The summed E-state index contributed by atoms with van der Waals surface area (Å²) in [5, 5.41) is 10.5. The normalized spacial score (nSPS) is 24.9. The molecule has 0 N–H and O–H groups in total. The molecule has 2 atom stereocenters. The number of amides is 1. The lowest BCUT2D eigenvalue weighted by molar-refractivity contribution is -0.384. The van der Waals surface area contributed by atoms with E-state index in [1.54, 1.807) is 12.1 Å². The van der Waals surface area contributed by atoms with Crippen molar-refractivity contribution in [3.8, 4) is 5.75 Å². The summed E-state index contributed by atoms with van der Waals surface area (Å²) in [4.78, 5) is 23.8. The Kier molecular flexibility index (Phi) is 3.08. The highest BCUT2D eigenvalue weighted by molar-refractivity contribution is 5.82. The number of likely N-dealkylation sites (tertiary alicyclic amines) is 1. The quantitative estimate of drug-likeness (QED) is 0.621. The van der Waals surface area contributed by atoms with Crippen molar-refractivity contribution in [3.63, 3.8) is 0 Å². The Bertz CT molecular complexity index is 537. The lowest BCUT2D eigenvalue weighted by atomic mass is 10.1. The van der Waals surface area contributed by atoms with Gasteiger partial charge in [0.2, 0.25) is 5.91 Å². The van der Waals surface area contributed by atoms with Gasteiger partial charge in [-0.1, -0.05) is 6.92 Å². The molecule has 1 saturated heterocycles. The first-order chi connectivity index (χ1) is 9.54. The van der Waals surface area contributed by atoms with Crippen molar-refractivity contribution in [2.75, 3.05) is 13.1 Å². The van der Waals surface area contributed by atoms with Gasteiger partial charge in [0, 0.05) is 18.1 Å². The van der Waals surface area contributed by atoms with Gasteiger partial charge in [-0.25, -0.2) is 0 Å². The number of carbonyl (C=O) groups excluding carboxylic acids is 1. The van der Waals surface area contributed by atoms with Crippen LogP contribution in [0.2, 0.25) is 0 Å². The van der Waals surface area contributed by atoms with Gasteiger partial charge < -0.3 is 9.64 Å². The Morgan fingerprint density at radius 2 is 1.95 bits per heavy atom. The van der Waals surface area contributed by atoms with Crippen LogP contribution >= 0.6 is 0 Å². The van der Waals surface area contributed by atoms with Crippen LogP contribution in [0, 0.1) is 22.0 Å². The van der Waals surface area contributed by atoms with Crippen LogP contribution in [-0.4, -0.2) is 34.9 Å². The fraction of sp³-hybridized carbons (Fsp3) is 0.500. The first kappa shape index (κ1) is 12.9. The minimum atomic E-state index is -0.440. The van der Waals surface area contributed by atoms with Crippen molar-refractivity contribution in [2.24, 2.45) is 11.8 Å². The standard InChI is InChI=1S/C14H16N2O4/c1-9-6-13(9)14(17)15-7-12(8-15)20-11-4-2-10(3-5-11)16(18)19/h2-5,9,12-13H,6-8H2,1H3/t9-,13-/m0/s1. The summed E-state index contributed by atoms with van der Waals surface area (Å²) in [5.74, 6) is 1.58. The summed E-state index contributed by atoms with van der Waals surface area (Å²) in [6, 6.07) is 6.02. The molecular formula is C14H16N2O4. The lowest BCUT2D eigenvalue weighted by Crippen LogP contribution is -2.56. The molecule has 1 saturated carbocycles. The molecule has 0 bridgehead atoms. The summed E-state index contributed by atoms with van der Waals surface area (Å²) < 4.78 is 5.68. The van der Waals surface area contributed by atoms with Crippen LogP contribution in [0.15, 0.2) is 24.3 Å². The number of nitro groups is 1. The minimum Gasteiger partial charge on any atom is -0.487 e. The van der Waals surface area contributed by atoms with Crippen LogP contribution in [0.25, 0.3) is 0 Å². The number of ether oxygens (including phenoxy) is 1. The topological polar surface area (TPSA) is 72.7 Å². The van der Waals surface area contributed by atoms with E-state index in [9.17, 15) is 14.9 Å². The molecule has 1 aliphatic heterocycles. The minimum absolute atomic E-state index is 0.00513. The van der Waals surface area contributed by atoms with E-state index < -0.39 is 4.92 Å². The Labute approximate surface area is 116 Å². The van der Waals surface area contributed by atoms with Gasteiger partial charge in [-0.05, 0) is 24.5 Å². The number of nitrogens with zero attached hydrogens (tertiary/aromatic N) is 2. The molecule has 0 radical (unpaired) electrons. The largest absolute Gasteiger partial charge is 0.487 e. The summed E-state index contributed by atoms with van der Waals surface area (Å²) >= 11 is 0. The van der Waals surface area contributed by atoms with E-state index in [4.69, 9.17) is 4.74 Å². The molecule has 3 rings (SSSR count). The van der Waals surface area contributed by atoms with Crippen molar-refractivity contribution in [1.82, 2.24) is 4.90 Å². The Morgan fingerprint density at radius 1 is 1.35 bits per heavy atom. The average Bonchev–Trinajstić information content (AvgIpc) is 3.10. The van der Waals surface area contributed by atoms with E-state index in [1.807, 2.05) is 4.90 Å². The second kappa shape index (κ2) is 4.77. The third kappa shape index (κ3) is 2.45. The monoisotopic (exact) mass is 276 g/mol. The van der Waals surface area contributed by atoms with Crippen LogP contribution in [0.5, 0.6) is 5.75 Å². The number of non-ortho nitro benzene ring substituents is 1. The molecule has 2 fully saturated rings.